The van der Waals surface area contributed by atoms with Crippen LogP contribution >= 0.6 is 0 Å². The standard InChI is InChI=1S/C17H17N3O3S/c1-12-11-16(21)18-19-17(12)13-7-9-14(10-8-13)20-24(22,23)15-5-3-2-4-6-15/h2-10,12,20H,11H2,1H3,(H,18,21). The number of carbonyl (C=O) groups excluding carboxylic acids is 1. The van der Waals surface area contributed by atoms with E-state index in [0.717, 1.165) is 11.3 Å². The Morgan fingerprint density at radius 2 is 1.75 bits per heavy atom. The first-order chi connectivity index (χ1) is 11.5. The molecule has 0 spiro atoms. The van der Waals surface area contributed by atoms with Crippen molar-refractivity contribution in [3.8, 4) is 0 Å². The minimum atomic E-state index is -3.61. The van der Waals surface area contributed by atoms with Crippen molar-refractivity contribution in [1.29, 1.82) is 0 Å². The molecule has 0 radical (unpaired) electrons. The van der Waals surface area contributed by atoms with Crippen LogP contribution in [0.3, 0.4) is 0 Å². The molecule has 7 heteroatoms. The van der Waals surface area contributed by atoms with Gasteiger partial charge in [0.2, 0.25) is 5.91 Å². The number of nitrogens with one attached hydrogen (secondary N) is 2. The maximum atomic E-state index is 12.3. The Morgan fingerprint density at radius 3 is 2.38 bits per heavy atom. The summed E-state index contributed by atoms with van der Waals surface area (Å²) in [6, 6.07) is 15.1. The van der Waals surface area contributed by atoms with Gasteiger partial charge in [-0.2, -0.15) is 5.10 Å². The van der Waals surface area contributed by atoms with Crippen LogP contribution in [0.15, 0.2) is 64.6 Å². The van der Waals surface area contributed by atoms with E-state index in [1.807, 2.05) is 6.92 Å². The van der Waals surface area contributed by atoms with Crippen molar-refractivity contribution in [3.63, 3.8) is 0 Å². The first-order valence-corrected chi connectivity index (χ1v) is 8.99. The lowest BCUT2D eigenvalue weighted by molar-refractivity contribution is -0.121. The van der Waals surface area contributed by atoms with Gasteiger partial charge in [0, 0.05) is 18.0 Å². The second-order valence-corrected chi connectivity index (χ2v) is 7.32. The van der Waals surface area contributed by atoms with E-state index >= 15 is 0 Å². The average Bonchev–Trinajstić information content (AvgIpc) is 2.56. The lowest BCUT2D eigenvalue weighted by Crippen LogP contribution is -2.31. The number of rotatable bonds is 4. The third kappa shape index (κ3) is 3.46. The third-order valence-electron chi connectivity index (χ3n) is 3.75. The molecule has 0 fully saturated rings. The molecule has 0 bridgehead atoms. The van der Waals surface area contributed by atoms with Crippen molar-refractivity contribution in [2.75, 3.05) is 4.72 Å². The molecular formula is C17H17N3O3S. The van der Waals surface area contributed by atoms with Crippen LogP contribution in [-0.4, -0.2) is 20.0 Å². The highest BCUT2D eigenvalue weighted by Crippen LogP contribution is 2.20. The molecule has 124 valence electrons. The first-order valence-electron chi connectivity index (χ1n) is 7.50. The monoisotopic (exact) mass is 343 g/mol. The summed E-state index contributed by atoms with van der Waals surface area (Å²) in [4.78, 5) is 11.5. The fraction of sp³-hybridized carbons (Fsp3) is 0.176. The third-order valence-corrected chi connectivity index (χ3v) is 5.14. The molecule has 1 atom stereocenters. The molecule has 1 heterocycles. The molecule has 0 aromatic heterocycles. The van der Waals surface area contributed by atoms with Crippen molar-refractivity contribution >= 4 is 27.3 Å². The lowest BCUT2D eigenvalue weighted by atomic mass is 9.94. The summed E-state index contributed by atoms with van der Waals surface area (Å²) in [5, 5.41) is 4.09. The van der Waals surface area contributed by atoms with Crippen molar-refractivity contribution < 1.29 is 13.2 Å². The minimum absolute atomic E-state index is 0.0191. The molecule has 1 aliphatic rings. The van der Waals surface area contributed by atoms with Gasteiger partial charge >= 0.3 is 0 Å². The predicted molar refractivity (Wildman–Crippen MR) is 92.2 cm³/mol. The van der Waals surface area contributed by atoms with Gasteiger partial charge in [0.15, 0.2) is 0 Å². The SMILES string of the molecule is CC1CC(=O)NN=C1c1ccc(NS(=O)(=O)c2ccccc2)cc1. The maximum absolute atomic E-state index is 12.3. The number of benzene rings is 2. The van der Waals surface area contributed by atoms with Gasteiger partial charge in [-0.3, -0.25) is 9.52 Å². The van der Waals surface area contributed by atoms with E-state index in [4.69, 9.17) is 0 Å². The van der Waals surface area contributed by atoms with Gasteiger partial charge in [0.05, 0.1) is 10.6 Å². The van der Waals surface area contributed by atoms with Crippen LogP contribution in [0.4, 0.5) is 5.69 Å². The highest BCUT2D eigenvalue weighted by Gasteiger charge is 2.21. The van der Waals surface area contributed by atoms with Crippen LogP contribution in [-0.2, 0) is 14.8 Å². The van der Waals surface area contributed by atoms with Crippen LogP contribution in [0.5, 0.6) is 0 Å². The van der Waals surface area contributed by atoms with Gasteiger partial charge in [0.25, 0.3) is 10.0 Å². The van der Waals surface area contributed by atoms with Gasteiger partial charge < -0.3 is 0 Å². The summed E-state index contributed by atoms with van der Waals surface area (Å²) >= 11 is 0. The number of anilines is 1. The highest BCUT2D eigenvalue weighted by atomic mass is 32.2. The number of sulfonamides is 1. The van der Waals surface area contributed by atoms with Gasteiger partial charge in [-0.25, -0.2) is 13.8 Å². The molecule has 1 aliphatic heterocycles. The quantitative estimate of drug-likeness (QED) is 0.893. The van der Waals surface area contributed by atoms with Crippen molar-refractivity contribution in [3.05, 3.63) is 60.2 Å². The summed E-state index contributed by atoms with van der Waals surface area (Å²) < 4.78 is 27.1. The molecule has 24 heavy (non-hydrogen) atoms. The fourth-order valence-electron chi connectivity index (χ4n) is 2.53. The molecule has 0 saturated heterocycles. The zero-order chi connectivity index (χ0) is 17.2. The van der Waals surface area contributed by atoms with Crippen LogP contribution in [0.1, 0.15) is 18.9 Å². The molecule has 6 nitrogen and oxygen atoms in total. The molecule has 2 aromatic carbocycles. The van der Waals surface area contributed by atoms with Crippen molar-refractivity contribution in [1.82, 2.24) is 5.43 Å². The molecule has 2 N–H and O–H groups in total. The summed E-state index contributed by atoms with van der Waals surface area (Å²) in [6.45, 7) is 1.93. The fourth-order valence-corrected chi connectivity index (χ4v) is 3.60. The predicted octanol–water partition coefficient (Wildman–Crippen LogP) is 2.35. The second kappa shape index (κ2) is 6.45. The van der Waals surface area contributed by atoms with Gasteiger partial charge in [0.1, 0.15) is 0 Å². The normalized spacial score (nSPS) is 17.8. The summed E-state index contributed by atoms with van der Waals surface area (Å²) in [7, 11) is -3.61. The van der Waals surface area contributed by atoms with Crippen molar-refractivity contribution in [2.24, 2.45) is 11.0 Å². The van der Waals surface area contributed by atoms with E-state index in [1.165, 1.54) is 12.1 Å². The van der Waals surface area contributed by atoms with Crippen LogP contribution < -0.4 is 10.1 Å². The summed E-state index contributed by atoms with van der Waals surface area (Å²) in [5.41, 5.74) is 4.58. The Hall–Kier alpha value is -2.67. The Kier molecular flexibility index (Phi) is 4.35. The van der Waals surface area contributed by atoms with Gasteiger partial charge in [-0.05, 0) is 29.8 Å². The number of hydrogen-bond donors (Lipinski definition) is 2. The Balaban J connectivity index is 1.79. The van der Waals surface area contributed by atoms with Crippen molar-refractivity contribution in [2.45, 2.75) is 18.2 Å². The second-order valence-electron chi connectivity index (χ2n) is 5.63. The zero-order valence-corrected chi connectivity index (χ0v) is 13.9. The van der Waals surface area contributed by atoms with E-state index < -0.39 is 10.0 Å². The van der Waals surface area contributed by atoms with E-state index in [2.05, 4.69) is 15.2 Å². The van der Waals surface area contributed by atoms with E-state index in [1.54, 1.807) is 42.5 Å². The Morgan fingerprint density at radius 1 is 1.08 bits per heavy atom. The molecule has 2 aromatic rings. The molecule has 3 rings (SSSR count). The smallest absolute Gasteiger partial charge is 0.261 e. The van der Waals surface area contributed by atoms with Gasteiger partial charge in [-0.1, -0.05) is 37.3 Å². The average molecular weight is 343 g/mol. The summed E-state index contributed by atoms with van der Waals surface area (Å²) in [6.07, 6.45) is 0.390. The Labute approximate surface area is 140 Å². The number of amides is 1. The molecule has 0 saturated carbocycles. The van der Waals surface area contributed by atoms with E-state index in [0.29, 0.717) is 12.1 Å². The zero-order valence-electron chi connectivity index (χ0n) is 13.1. The number of hydrazone groups is 1. The minimum Gasteiger partial charge on any atom is -0.280 e. The lowest BCUT2D eigenvalue weighted by Gasteiger charge is -2.19. The first kappa shape index (κ1) is 16.2. The number of carbonyl (C=O) groups is 1. The molecular weight excluding hydrogens is 326 g/mol. The van der Waals surface area contributed by atoms with E-state index in [-0.39, 0.29) is 16.7 Å². The molecule has 1 amide bonds. The highest BCUT2D eigenvalue weighted by molar-refractivity contribution is 7.92. The topological polar surface area (TPSA) is 87.6 Å². The van der Waals surface area contributed by atoms with Crippen LogP contribution in [0.25, 0.3) is 0 Å². The largest absolute Gasteiger partial charge is 0.280 e. The van der Waals surface area contributed by atoms with E-state index in [9.17, 15) is 13.2 Å². The molecule has 1 unspecified atom stereocenters. The maximum Gasteiger partial charge on any atom is 0.261 e. The number of nitrogens with zero attached hydrogens (tertiary/aromatic N) is 1. The summed E-state index contributed by atoms with van der Waals surface area (Å²) in [5.74, 6) is -0.0795. The Bertz CT molecular complexity index is 875. The van der Waals surface area contributed by atoms with Crippen LogP contribution in [0, 0.1) is 5.92 Å². The number of hydrogen-bond acceptors (Lipinski definition) is 4. The van der Waals surface area contributed by atoms with Gasteiger partial charge in [-0.15, -0.1) is 0 Å². The van der Waals surface area contributed by atoms with Crippen LogP contribution in [0.2, 0.25) is 0 Å². The molecule has 0 aliphatic carbocycles.